The van der Waals surface area contributed by atoms with Gasteiger partial charge >= 0.3 is 0 Å². The first-order valence-electron chi connectivity index (χ1n) is 6.90. The zero-order chi connectivity index (χ0) is 15.6. The number of aromatic nitrogens is 1. The quantitative estimate of drug-likeness (QED) is 0.923. The maximum Gasteiger partial charge on any atom is 0.153 e. The molecule has 8 heteroatoms. The lowest BCUT2D eigenvalue weighted by molar-refractivity contribution is 0.582. The number of halogens is 1. The summed E-state index contributed by atoms with van der Waals surface area (Å²) in [5.74, 6) is -0.182. The fourth-order valence-corrected chi connectivity index (χ4v) is 4.07. The Morgan fingerprint density at radius 1 is 1.32 bits per heavy atom. The van der Waals surface area contributed by atoms with E-state index in [1.807, 2.05) is 0 Å². The molecule has 0 spiro atoms. The first-order valence-corrected chi connectivity index (χ1v) is 9.60. The Kier molecular flexibility index (Phi) is 4.30. The van der Waals surface area contributed by atoms with E-state index < -0.39 is 9.84 Å². The molecule has 1 saturated heterocycles. The molecule has 0 unspecified atom stereocenters. The first-order chi connectivity index (χ1) is 10.5. The minimum atomic E-state index is -2.97. The molecule has 1 aromatic heterocycles. The zero-order valence-corrected chi connectivity index (χ0v) is 13.5. The van der Waals surface area contributed by atoms with Crippen LogP contribution in [0.3, 0.4) is 0 Å². The van der Waals surface area contributed by atoms with Crippen LogP contribution < -0.4 is 10.2 Å². The van der Waals surface area contributed by atoms with E-state index in [4.69, 9.17) is 0 Å². The third kappa shape index (κ3) is 3.56. The molecule has 118 valence electrons. The summed E-state index contributed by atoms with van der Waals surface area (Å²) in [5, 5.41) is 3.23. The highest BCUT2D eigenvalue weighted by Crippen LogP contribution is 2.25. The van der Waals surface area contributed by atoms with Gasteiger partial charge in [0, 0.05) is 29.9 Å². The zero-order valence-electron chi connectivity index (χ0n) is 11.8. The van der Waals surface area contributed by atoms with Crippen molar-refractivity contribution in [3.05, 3.63) is 40.6 Å². The normalized spacial score (nSPS) is 17.4. The van der Waals surface area contributed by atoms with Crippen LogP contribution in [-0.2, 0) is 16.4 Å². The second-order valence-corrected chi connectivity index (χ2v) is 8.40. The molecule has 5 nitrogen and oxygen atoms in total. The predicted octanol–water partition coefficient (Wildman–Crippen LogP) is 2.13. The second kappa shape index (κ2) is 6.21. The monoisotopic (exact) mass is 341 g/mol. The van der Waals surface area contributed by atoms with Crippen LogP contribution in [0.2, 0.25) is 0 Å². The fourth-order valence-electron chi connectivity index (χ4n) is 2.34. The molecule has 0 amide bonds. The standard InChI is InChI=1S/C14H16FN3O2S2/c15-13-2-1-11(17-9-12-8-16-10-21-12)7-14(13)18-3-5-22(19,20)6-4-18/h1-2,7-8,10,17H,3-6,9H2. The number of thiazole rings is 1. The number of hydrogen-bond donors (Lipinski definition) is 1. The van der Waals surface area contributed by atoms with Gasteiger partial charge in [-0.3, -0.25) is 4.98 Å². The van der Waals surface area contributed by atoms with Crippen LogP contribution >= 0.6 is 11.3 Å². The van der Waals surface area contributed by atoms with Crippen molar-refractivity contribution in [1.29, 1.82) is 0 Å². The van der Waals surface area contributed by atoms with Crippen molar-refractivity contribution in [2.45, 2.75) is 6.54 Å². The van der Waals surface area contributed by atoms with Crippen molar-refractivity contribution in [3.8, 4) is 0 Å². The van der Waals surface area contributed by atoms with Gasteiger partial charge in [0.1, 0.15) is 5.82 Å². The Morgan fingerprint density at radius 3 is 2.77 bits per heavy atom. The van der Waals surface area contributed by atoms with Gasteiger partial charge in [-0.2, -0.15) is 0 Å². The van der Waals surface area contributed by atoms with E-state index in [0.717, 1.165) is 10.6 Å². The summed E-state index contributed by atoms with van der Waals surface area (Å²) in [6.07, 6.45) is 1.79. The van der Waals surface area contributed by atoms with Crippen LogP contribution in [-0.4, -0.2) is 38.0 Å². The summed E-state index contributed by atoms with van der Waals surface area (Å²) in [6, 6.07) is 4.82. The third-order valence-electron chi connectivity index (χ3n) is 3.58. The highest BCUT2D eigenvalue weighted by Gasteiger charge is 2.23. The van der Waals surface area contributed by atoms with Crippen molar-refractivity contribution in [2.75, 3.05) is 34.8 Å². The molecule has 1 aromatic carbocycles. The average Bonchev–Trinajstić information content (AvgIpc) is 3.00. The van der Waals surface area contributed by atoms with E-state index in [0.29, 0.717) is 25.3 Å². The van der Waals surface area contributed by atoms with E-state index in [1.165, 1.54) is 6.07 Å². The molecule has 0 bridgehead atoms. The van der Waals surface area contributed by atoms with Gasteiger partial charge in [-0.15, -0.1) is 11.3 Å². The van der Waals surface area contributed by atoms with Crippen molar-refractivity contribution in [3.63, 3.8) is 0 Å². The van der Waals surface area contributed by atoms with Gasteiger partial charge in [0.25, 0.3) is 0 Å². The van der Waals surface area contributed by atoms with Gasteiger partial charge in [-0.25, -0.2) is 12.8 Å². The van der Waals surface area contributed by atoms with Gasteiger partial charge in [-0.05, 0) is 18.2 Å². The van der Waals surface area contributed by atoms with E-state index in [-0.39, 0.29) is 17.3 Å². The highest BCUT2D eigenvalue weighted by atomic mass is 32.2. The Hall–Kier alpha value is -1.67. The van der Waals surface area contributed by atoms with E-state index in [9.17, 15) is 12.8 Å². The van der Waals surface area contributed by atoms with Crippen LogP contribution in [0.25, 0.3) is 0 Å². The molecule has 1 fully saturated rings. The molecule has 0 atom stereocenters. The van der Waals surface area contributed by atoms with Crippen molar-refractivity contribution in [2.24, 2.45) is 0 Å². The maximum atomic E-state index is 14.0. The summed E-state index contributed by atoms with van der Waals surface area (Å²) in [5.41, 5.74) is 3.02. The van der Waals surface area contributed by atoms with E-state index in [1.54, 1.807) is 40.1 Å². The maximum absolute atomic E-state index is 14.0. The smallest absolute Gasteiger partial charge is 0.153 e. The molecule has 3 rings (SSSR count). The van der Waals surface area contributed by atoms with Crippen LogP contribution in [0.1, 0.15) is 4.88 Å². The van der Waals surface area contributed by atoms with Crippen molar-refractivity contribution < 1.29 is 12.8 Å². The molecule has 22 heavy (non-hydrogen) atoms. The number of hydrogen-bond acceptors (Lipinski definition) is 6. The van der Waals surface area contributed by atoms with Gasteiger partial charge in [0.15, 0.2) is 9.84 Å². The van der Waals surface area contributed by atoms with Crippen molar-refractivity contribution >= 4 is 32.5 Å². The number of nitrogens with zero attached hydrogens (tertiary/aromatic N) is 2. The molecule has 0 saturated carbocycles. The van der Waals surface area contributed by atoms with Gasteiger partial charge in [0.05, 0.1) is 29.2 Å². The summed E-state index contributed by atoms with van der Waals surface area (Å²) < 4.78 is 37.0. The molecular weight excluding hydrogens is 325 g/mol. The van der Waals surface area contributed by atoms with Gasteiger partial charge in [0.2, 0.25) is 0 Å². The number of rotatable bonds is 4. The largest absolute Gasteiger partial charge is 0.380 e. The van der Waals surface area contributed by atoms with Crippen LogP contribution in [0.4, 0.5) is 15.8 Å². The Bertz CT molecular complexity index is 733. The lowest BCUT2D eigenvalue weighted by Crippen LogP contribution is -2.40. The molecule has 0 aliphatic carbocycles. The highest BCUT2D eigenvalue weighted by molar-refractivity contribution is 7.91. The molecule has 1 aliphatic heterocycles. The Labute approximate surface area is 132 Å². The second-order valence-electron chi connectivity index (χ2n) is 5.13. The summed E-state index contributed by atoms with van der Waals surface area (Å²) in [7, 11) is -2.97. The molecule has 2 aromatic rings. The molecule has 1 N–H and O–H groups in total. The molecule has 0 radical (unpaired) electrons. The third-order valence-corrected chi connectivity index (χ3v) is 5.97. The first kappa shape index (κ1) is 15.2. The fraction of sp³-hybridized carbons (Fsp3) is 0.357. The van der Waals surface area contributed by atoms with Crippen LogP contribution in [0, 0.1) is 5.82 Å². The number of anilines is 2. The predicted molar refractivity (Wildman–Crippen MR) is 86.7 cm³/mol. The number of sulfone groups is 1. The average molecular weight is 341 g/mol. The lowest BCUT2D eigenvalue weighted by atomic mass is 10.2. The minimum Gasteiger partial charge on any atom is -0.380 e. The molecule has 1 aliphatic rings. The molecular formula is C14H16FN3O2S2. The number of nitrogens with one attached hydrogen (secondary N) is 1. The lowest BCUT2D eigenvalue weighted by Gasteiger charge is -2.29. The van der Waals surface area contributed by atoms with Crippen LogP contribution in [0.15, 0.2) is 29.9 Å². The van der Waals surface area contributed by atoms with E-state index in [2.05, 4.69) is 10.3 Å². The molecule has 2 heterocycles. The summed E-state index contributed by atoms with van der Waals surface area (Å²) in [6.45, 7) is 1.29. The minimum absolute atomic E-state index is 0.0744. The summed E-state index contributed by atoms with van der Waals surface area (Å²) >= 11 is 1.55. The van der Waals surface area contributed by atoms with E-state index >= 15 is 0 Å². The van der Waals surface area contributed by atoms with Gasteiger partial charge < -0.3 is 10.2 Å². The SMILES string of the molecule is O=S1(=O)CCN(c2cc(NCc3cncs3)ccc2F)CC1. The Balaban J connectivity index is 1.72. The Morgan fingerprint density at radius 2 is 2.09 bits per heavy atom. The van der Waals surface area contributed by atoms with Crippen molar-refractivity contribution in [1.82, 2.24) is 4.98 Å². The topological polar surface area (TPSA) is 62.3 Å². The number of benzene rings is 1. The van der Waals surface area contributed by atoms with Gasteiger partial charge in [-0.1, -0.05) is 0 Å². The summed E-state index contributed by atoms with van der Waals surface area (Å²) in [4.78, 5) is 6.89. The van der Waals surface area contributed by atoms with Crippen LogP contribution in [0.5, 0.6) is 0 Å².